The van der Waals surface area contributed by atoms with Crippen molar-refractivity contribution in [1.82, 2.24) is 5.32 Å². The number of thioether (sulfide) groups is 1. The zero-order valence-corrected chi connectivity index (χ0v) is 9.89. The van der Waals surface area contributed by atoms with E-state index in [1.54, 1.807) is 11.8 Å². The second-order valence-electron chi connectivity index (χ2n) is 3.90. The summed E-state index contributed by atoms with van der Waals surface area (Å²) in [7, 11) is 1.45. The molecule has 1 aliphatic carbocycles. The minimum Gasteiger partial charge on any atom is -0.468 e. The summed E-state index contributed by atoms with van der Waals surface area (Å²) in [5.41, 5.74) is 0. The lowest BCUT2D eigenvalue weighted by atomic mass is 10.3. The van der Waals surface area contributed by atoms with Crippen LogP contribution >= 0.6 is 11.8 Å². The van der Waals surface area contributed by atoms with E-state index in [1.807, 2.05) is 0 Å². The number of hydrogen-bond donors (Lipinski definition) is 1. The first-order chi connectivity index (χ1) is 6.63. The molecule has 82 valence electrons. The molecule has 0 aromatic rings. The van der Waals surface area contributed by atoms with E-state index < -0.39 is 0 Å². The van der Waals surface area contributed by atoms with Gasteiger partial charge in [-0.3, -0.25) is 4.79 Å². The molecule has 0 aromatic heterocycles. The standard InChI is InChI=1S/C10H19NO2S/c1-7(2)14-6-9(10(12)13-3)11-8-4-5-8/h7-9,11H,4-6H2,1-3H3. The Morgan fingerprint density at radius 2 is 2.21 bits per heavy atom. The Balaban J connectivity index is 2.30. The van der Waals surface area contributed by atoms with Gasteiger partial charge >= 0.3 is 5.97 Å². The van der Waals surface area contributed by atoms with Crippen LogP contribution in [-0.2, 0) is 9.53 Å². The molecule has 0 heterocycles. The first kappa shape index (κ1) is 11.9. The second kappa shape index (κ2) is 5.61. The summed E-state index contributed by atoms with van der Waals surface area (Å²) in [6, 6.07) is 0.423. The van der Waals surface area contributed by atoms with Crippen molar-refractivity contribution in [2.75, 3.05) is 12.9 Å². The van der Waals surface area contributed by atoms with Gasteiger partial charge in [0.05, 0.1) is 7.11 Å². The van der Waals surface area contributed by atoms with Gasteiger partial charge in [0.25, 0.3) is 0 Å². The highest BCUT2D eigenvalue weighted by Gasteiger charge is 2.28. The number of ether oxygens (including phenoxy) is 1. The van der Waals surface area contributed by atoms with E-state index in [2.05, 4.69) is 19.2 Å². The summed E-state index contributed by atoms with van der Waals surface area (Å²) in [6.45, 7) is 4.27. The van der Waals surface area contributed by atoms with Crippen LogP contribution in [0.4, 0.5) is 0 Å². The maximum atomic E-state index is 11.4. The van der Waals surface area contributed by atoms with Gasteiger partial charge in [-0.1, -0.05) is 13.8 Å². The van der Waals surface area contributed by atoms with Crippen LogP contribution in [0.3, 0.4) is 0 Å². The highest BCUT2D eigenvalue weighted by Crippen LogP contribution is 2.21. The molecule has 1 saturated carbocycles. The van der Waals surface area contributed by atoms with Crippen LogP contribution in [0.15, 0.2) is 0 Å². The zero-order valence-electron chi connectivity index (χ0n) is 9.08. The molecule has 1 atom stereocenters. The number of methoxy groups -OCH3 is 1. The van der Waals surface area contributed by atoms with Crippen molar-refractivity contribution in [3.63, 3.8) is 0 Å². The molecule has 0 spiro atoms. The third-order valence-electron chi connectivity index (χ3n) is 2.10. The summed E-state index contributed by atoms with van der Waals surface area (Å²) < 4.78 is 4.76. The Labute approximate surface area is 90.0 Å². The largest absolute Gasteiger partial charge is 0.468 e. The van der Waals surface area contributed by atoms with Gasteiger partial charge in [-0.15, -0.1) is 0 Å². The molecule has 4 heteroatoms. The summed E-state index contributed by atoms with van der Waals surface area (Å²) in [6.07, 6.45) is 2.39. The smallest absolute Gasteiger partial charge is 0.323 e. The summed E-state index contributed by atoms with van der Waals surface area (Å²) in [5.74, 6) is 0.672. The molecule has 0 radical (unpaired) electrons. The number of esters is 1. The van der Waals surface area contributed by atoms with Crippen molar-refractivity contribution >= 4 is 17.7 Å². The quantitative estimate of drug-likeness (QED) is 0.683. The van der Waals surface area contributed by atoms with Crippen LogP contribution in [-0.4, -0.2) is 36.2 Å². The molecular weight excluding hydrogens is 198 g/mol. The van der Waals surface area contributed by atoms with E-state index in [0.717, 1.165) is 5.75 Å². The molecule has 1 unspecified atom stereocenters. The van der Waals surface area contributed by atoms with E-state index in [1.165, 1.54) is 20.0 Å². The molecule has 0 amide bonds. The maximum Gasteiger partial charge on any atom is 0.323 e. The minimum absolute atomic E-state index is 0.125. The molecule has 1 fully saturated rings. The third-order valence-corrected chi connectivity index (χ3v) is 3.29. The lowest BCUT2D eigenvalue weighted by molar-refractivity contribution is -0.142. The summed E-state index contributed by atoms with van der Waals surface area (Å²) >= 11 is 1.79. The molecule has 1 aliphatic rings. The number of carbonyl (C=O) groups excluding carboxylic acids is 1. The van der Waals surface area contributed by atoms with Crippen molar-refractivity contribution in [1.29, 1.82) is 0 Å². The van der Waals surface area contributed by atoms with Gasteiger partial charge in [-0.25, -0.2) is 0 Å². The monoisotopic (exact) mass is 217 g/mol. The molecule has 14 heavy (non-hydrogen) atoms. The van der Waals surface area contributed by atoms with E-state index >= 15 is 0 Å². The van der Waals surface area contributed by atoms with Crippen molar-refractivity contribution in [3.8, 4) is 0 Å². The highest BCUT2D eigenvalue weighted by atomic mass is 32.2. The molecule has 1 N–H and O–H groups in total. The van der Waals surface area contributed by atoms with E-state index in [9.17, 15) is 4.79 Å². The number of rotatable bonds is 6. The van der Waals surface area contributed by atoms with Gasteiger partial charge in [0.1, 0.15) is 6.04 Å². The number of carbonyl (C=O) groups is 1. The molecule has 0 aliphatic heterocycles. The second-order valence-corrected chi connectivity index (χ2v) is 5.51. The topological polar surface area (TPSA) is 38.3 Å². The average molecular weight is 217 g/mol. The normalized spacial score (nSPS) is 18.3. The van der Waals surface area contributed by atoms with Crippen LogP contribution < -0.4 is 5.32 Å². The first-order valence-electron chi connectivity index (χ1n) is 5.09. The maximum absolute atomic E-state index is 11.4. The first-order valence-corrected chi connectivity index (χ1v) is 6.14. The van der Waals surface area contributed by atoms with Crippen LogP contribution in [0.25, 0.3) is 0 Å². The molecule has 3 nitrogen and oxygen atoms in total. The average Bonchev–Trinajstić information content (AvgIpc) is 2.94. The summed E-state index contributed by atoms with van der Waals surface area (Å²) in [4.78, 5) is 11.4. The van der Waals surface area contributed by atoms with Gasteiger partial charge in [0.15, 0.2) is 0 Å². The fourth-order valence-electron chi connectivity index (χ4n) is 1.15. The van der Waals surface area contributed by atoms with Crippen molar-refractivity contribution in [2.24, 2.45) is 0 Å². The predicted molar refractivity (Wildman–Crippen MR) is 59.6 cm³/mol. The van der Waals surface area contributed by atoms with Gasteiger partial charge in [0, 0.05) is 11.8 Å². The molecule has 1 rings (SSSR count). The Morgan fingerprint density at radius 3 is 2.64 bits per heavy atom. The van der Waals surface area contributed by atoms with E-state index in [-0.39, 0.29) is 12.0 Å². The predicted octanol–water partition coefficient (Wildman–Crippen LogP) is 1.42. The fraction of sp³-hybridized carbons (Fsp3) is 0.900. The fourth-order valence-corrected chi connectivity index (χ4v) is 1.96. The number of nitrogens with one attached hydrogen (secondary N) is 1. The zero-order chi connectivity index (χ0) is 10.6. The van der Waals surface area contributed by atoms with E-state index in [4.69, 9.17) is 4.74 Å². The van der Waals surface area contributed by atoms with Crippen molar-refractivity contribution in [2.45, 2.75) is 44.0 Å². The minimum atomic E-state index is -0.134. The Morgan fingerprint density at radius 1 is 1.57 bits per heavy atom. The highest BCUT2D eigenvalue weighted by molar-refractivity contribution is 7.99. The van der Waals surface area contributed by atoms with Crippen LogP contribution in [0.1, 0.15) is 26.7 Å². The van der Waals surface area contributed by atoms with Gasteiger partial charge in [-0.2, -0.15) is 11.8 Å². The van der Waals surface area contributed by atoms with Crippen LogP contribution in [0.2, 0.25) is 0 Å². The van der Waals surface area contributed by atoms with Gasteiger partial charge in [0.2, 0.25) is 0 Å². The SMILES string of the molecule is COC(=O)C(CSC(C)C)NC1CC1. The summed E-state index contributed by atoms with van der Waals surface area (Å²) in [5, 5.41) is 3.86. The lowest BCUT2D eigenvalue weighted by Crippen LogP contribution is -2.41. The van der Waals surface area contributed by atoms with Crippen LogP contribution in [0.5, 0.6) is 0 Å². The van der Waals surface area contributed by atoms with Crippen LogP contribution in [0, 0.1) is 0 Å². The Kier molecular flexibility index (Phi) is 4.75. The number of hydrogen-bond acceptors (Lipinski definition) is 4. The lowest BCUT2D eigenvalue weighted by Gasteiger charge is -2.16. The Hall–Kier alpha value is -0.220. The van der Waals surface area contributed by atoms with E-state index in [0.29, 0.717) is 11.3 Å². The Bertz CT molecular complexity index is 193. The third kappa shape index (κ3) is 4.33. The van der Waals surface area contributed by atoms with Crippen molar-refractivity contribution in [3.05, 3.63) is 0 Å². The van der Waals surface area contributed by atoms with Crippen molar-refractivity contribution < 1.29 is 9.53 Å². The van der Waals surface area contributed by atoms with Gasteiger partial charge in [-0.05, 0) is 18.1 Å². The molecular formula is C10H19NO2S. The van der Waals surface area contributed by atoms with Gasteiger partial charge < -0.3 is 10.1 Å². The molecule has 0 bridgehead atoms. The molecule has 0 aromatic carbocycles. The molecule has 0 saturated heterocycles.